The molecule has 0 bridgehead atoms. The third-order valence-electron chi connectivity index (χ3n) is 2.61. The molecule has 0 saturated heterocycles. The van der Waals surface area contributed by atoms with Gasteiger partial charge in [-0.25, -0.2) is 4.79 Å². The molecule has 1 unspecified atom stereocenters. The van der Waals surface area contributed by atoms with Gasteiger partial charge in [0.25, 0.3) is 0 Å². The average molecular weight is 307 g/mol. The van der Waals surface area contributed by atoms with Crippen molar-refractivity contribution in [2.75, 3.05) is 17.3 Å². The van der Waals surface area contributed by atoms with E-state index in [9.17, 15) is 10.1 Å². The Morgan fingerprint density at radius 3 is 3.00 bits per heavy atom. The summed E-state index contributed by atoms with van der Waals surface area (Å²) in [5, 5.41) is 12.7. The number of alkyl halides is 1. The zero-order valence-electron chi connectivity index (χ0n) is 9.52. The molecular weight excluding hydrogens is 296 g/mol. The number of anilines is 1. The number of esters is 1. The summed E-state index contributed by atoms with van der Waals surface area (Å²) in [4.78, 5) is 11.9. The largest absolute Gasteiger partial charge is 0.462 e. The van der Waals surface area contributed by atoms with Crippen LogP contribution in [-0.2, 0) is 9.53 Å². The molecule has 2 rings (SSSR count). The van der Waals surface area contributed by atoms with E-state index in [4.69, 9.17) is 4.74 Å². The predicted molar refractivity (Wildman–Crippen MR) is 72.2 cm³/mol. The minimum atomic E-state index is -1.43. The van der Waals surface area contributed by atoms with Crippen molar-refractivity contribution in [2.24, 2.45) is 0 Å². The summed E-state index contributed by atoms with van der Waals surface area (Å²) in [5.41, 5.74) is 0.255. The highest BCUT2D eigenvalue weighted by atomic mass is 79.9. The number of nitrogens with zero attached hydrogens (tertiary/aromatic N) is 1. The standard InChI is InChI=1S/C13H11BrN2O2/c14-7-8-18-12(17)13(9-15)6-5-10-3-1-2-4-11(10)16-13/h1-6,16H,7-8H2. The fraction of sp³-hybridized carbons (Fsp3) is 0.231. The molecule has 0 aromatic heterocycles. The van der Waals surface area contributed by atoms with Crippen molar-refractivity contribution in [2.45, 2.75) is 5.54 Å². The Kier molecular flexibility index (Phi) is 3.68. The summed E-state index contributed by atoms with van der Waals surface area (Å²) in [6, 6.07) is 9.45. The first-order chi connectivity index (χ1) is 8.72. The number of ether oxygens (including phenoxy) is 1. The van der Waals surface area contributed by atoms with E-state index < -0.39 is 11.5 Å². The number of halogens is 1. The van der Waals surface area contributed by atoms with Crippen molar-refractivity contribution in [3.8, 4) is 6.07 Å². The van der Waals surface area contributed by atoms with E-state index in [1.165, 1.54) is 6.08 Å². The number of carbonyl (C=O) groups is 1. The van der Waals surface area contributed by atoms with Crippen LogP contribution >= 0.6 is 15.9 Å². The van der Waals surface area contributed by atoms with Crippen LogP contribution in [0.1, 0.15) is 5.56 Å². The van der Waals surface area contributed by atoms with Gasteiger partial charge in [-0.2, -0.15) is 5.26 Å². The summed E-state index contributed by atoms with van der Waals surface area (Å²) >= 11 is 3.17. The quantitative estimate of drug-likeness (QED) is 0.687. The van der Waals surface area contributed by atoms with Crippen molar-refractivity contribution in [1.29, 1.82) is 5.26 Å². The normalized spacial score (nSPS) is 20.4. The minimum absolute atomic E-state index is 0.236. The zero-order valence-corrected chi connectivity index (χ0v) is 11.1. The average Bonchev–Trinajstić information content (AvgIpc) is 2.44. The molecular formula is C13H11BrN2O2. The monoisotopic (exact) mass is 306 g/mol. The molecule has 18 heavy (non-hydrogen) atoms. The number of rotatable bonds is 3. The molecule has 0 amide bonds. The molecule has 1 aromatic carbocycles. The molecule has 1 aliphatic heterocycles. The van der Waals surface area contributed by atoms with Gasteiger partial charge in [0.1, 0.15) is 12.7 Å². The molecule has 1 atom stereocenters. The van der Waals surface area contributed by atoms with E-state index in [0.29, 0.717) is 5.33 Å². The van der Waals surface area contributed by atoms with E-state index in [0.717, 1.165) is 11.3 Å². The fourth-order valence-electron chi connectivity index (χ4n) is 1.70. The molecule has 92 valence electrons. The summed E-state index contributed by atoms with van der Waals surface area (Å²) in [5.74, 6) is -0.588. The fourth-order valence-corrected chi connectivity index (χ4v) is 1.86. The van der Waals surface area contributed by atoms with Gasteiger partial charge in [0.2, 0.25) is 5.54 Å². The third kappa shape index (κ3) is 2.24. The maximum atomic E-state index is 11.9. The van der Waals surface area contributed by atoms with E-state index in [-0.39, 0.29) is 6.61 Å². The van der Waals surface area contributed by atoms with Crippen molar-refractivity contribution in [3.63, 3.8) is 0 Å². The molecule has 4 nitrogen and oxygen atoms in total. The number of fused-ring (bicyclic) bond motifs is 1. The zero-order chi connectivity index (χ0) is 13.0. The predicted octanol–water partition coefficient (Wildman–Crippen LogP) is 2.33. The van der Waals surface area contributed by atoms with Crippen LogP contribution in [-0.4, -0.2) is 23.4 Å². The lowest BCUT2D eigenvalue weighted by atomic mass is 9.94. The van der Waals surface area contributed by atoms with Crippen LogP contribution in [0, 0.1) is 11.3 Å². The maximum Gasteiger partial charge on any atom is 0.351 e. The Hall–Kier alpha value is -1.80. The molecule has 0 saturated carbocycles. The lowest BCUT2D eigenvalue weighted by molar-refractivity contribution is -0.144. The smallest absolute Gasteiger partial charge is 0.351 e. The number of hydrogen-bond acceptors (Lipinski definition) is 4. The molecule has 1 heterocycles. The Morgan fingerprint density at radius 1 is 1.50 bits per heavy atom. The van der Waals surface area contributed by atoms with Gasteiger partial charge >= 0.3 is 5.97 Å². The number of benzene rings is 1. The van der Waals surface area contributed by atoms with Gasteiger partial charge in [-0.05, 0) is 17.7 Å². The van der Waals surface area contributed by atoms with Crippen LogP contribution in [0.5, 0.6) is 0 Å². The first-order valence-corrected chi connectivity index (χ1v) is 6.55. The Labute approximate surface area is 113 Å². The first kappa shape index (κ1) is 12.7. The first-order valence-electron chi connectivity index (χ1n) is 5.43. The van der Waals surface area contributed by atoms with E-state index >= 15 is 0 Å². The minimum Gasteiger partial charge on any atom is -0.462 e. The Morgan fingerprint density at radius 2 is 2.28 bits per heavy atom. The summed E-state index contributed by atoms with van der Waals surface area (Å²) in [6.45, 7) is 0.236. The summed E-state index contributed by atoms with van der Waals surface area (Å²) < 4.78 is 5.02. The molecule has 1 aromatic rings. The maximum absolute atomic E-state index is 11.9. The topological polar surface area (TPSA) is 62.1 Å². The second kappa shape index (κ2) is 5.23. The molecule has 1 N–H and O–H groups in total. The van der Waals surface area contributed by atoms with Crippen molar-refractivity contribution in [1.82, 2.24) is 0 Å². The second-order valence-corrected chi connectivity index (χ2v) is 4.58. The van der Waals surface area contributed by atoms with Crippen LogP contribution in [0.15, 0.2) is 30.3 Å². The lowest BCUT2D eigenvalue weighted by Gasteiger charge is -2.27. The molecule has 0 spiro atoms. The van der Waals surface area contributed by atoms with Gasteiger partial charge in [-0.3, -0.25) is 0 Å². The lowest BCUT2D eigenvalue weighted by Crippen LogP contribution is -2.46. The van der Waals surface area contributed by atoms with Gasteiger partial charge in [0.05, 0.1) is 0 Å². The highest BCUT2D eigenvalue weighted by Gasteiger charge is 2.40. The highest BCUT2D eigenvalue weighted by Crippen LogP contribution is 2.28. The van der Waals surface area contributed by atoms with Gasteiger partial charge < -0.3 is 10.1 Å². The van der Waals surface area contributed by atoms with E-state index in [2.05, 4.69) is 21.2 Å². The van der Waals surface area contributed by atoms with Crippen molar-refractivity contribution < 1.29 is 9.53 Å². The van der Waals surface area contributed by atoms with Crippen LogP contribution in [0.2, 0.25) is 0 Å². The highest BCUT2D eigenvalue weighted by molar-refractivity contribution is 9.09. The number of carbonyl (C=O) groups excluding carboxylic acids is 1. The molecule has 0 fully saturated rings. The number of para-hydroxylation sites is 1. The molecule has 0 aliphatic carbocycles. The number of nitrogens with one attached hydrogen (secondary N) is 1. The Balaban J connectivity index is 2.28. The van der Waals surface area contributed by atoms with Gasteiger partial charge in [-0.15, -0.1) is 0 Å². The van der Waals surface area contributed by atoms with Crippen LogP contribution in [0.25, 0.3) is 6.08 Å². The van der Waals surface area contributed by atoms with Gasteiger partial charge in [0.15, 0.2) is 0 Å². The van der Waals surface area contributed by atoms with Gasteiger partial charge in [-0.1, -0.05) is 40.2 Å². The van der Waals surface area contributed by atoms with Crippen LogP contribution in [0.3, 0.4) is 0 Å². The van der Waals surface area contributed by atoms with Gasteiger partial charge in [0, 0.05) is 11.0 Å². The van der Waals surface area contributed by atoms with Crippen LogP contribution in [0.4, 0.5) is 5.69 Å². The summed E-state index contributed by atoms with van der Waals surface area (Å²) in [6.07, 6.45) is 3.29. The van der Waals surface area contributed by atoms with Crippen LogP contribution < -0.4 is 5.32 Å². The summed E-state index contributed by atoms with van der Waals surface area (Å²) in [7, 11) is 0. The Bertz CT molecular complexity index is 536. The second-order valence-electron chi connectivity index (χ2n) is 3.79. The number of nitriles is 1. The van der Waals surface area contributed by atoms with E-state index in [1.54, 1.807) is 6.08 Å². The van der Waals surface area contributed by atoms with Crippen molar-refractivity contribution >= 4 is 33.7 Å². The molecule has 1 aliphatic rings. The van der Waals surface area contributed by atoms with E-state index in [1.807, 2.05) is 30.3 Å². The number of hydrogen-bond donors (Lipinski definition) is 1. The SMILES string of the molecule is N#CC1(C(=O)OCCBr)C=Cc2ccccc2N1. The van der Waals surface area contributed by atoms with Crippen molar-refractivity contribution in [3.05, 3.63) is 35.9 Å². The molecule has 5 heteroatoms. The molecule has 0 radical (unpaired) electrons. The third-order valence-corrected chi connectivity index (χ3v) is 2.94.